The van der Waals surface area contributed by atoms with Crippen molar-refractivity contribution >= 4 is 35.1 Å². The van der Waals surface area contributed by atoms with Crippen molar-refractivity contribution < 1.29 is 22.7 Å². The minimum absolute atomic E-state index is 0.0743. The fraction of sp³-hybridized carbons (Fsp3) is 0.455. The predicted molar refractivity (Wildman–Crippen MR) is 71.2 cm³/mol. The maximum Gasteiger partial charge on any atom is 0.420 e. The van der Waals surface area contributed by atoms with Gasteiger partial charge < -0.3 is 10.1 Å². The number of aromatic nitrogens is 1. The first-order chi connectivity index (χ1) is 9.29. The lowest BCUT2D eigenvalue weighted by Gasteiger charge is -2.14. The van der Waals surface area contributed by atoms with Crippen molar-refractivity contribution in [3.05, 3.63) is 16.7 Å². The molecular weight excluding hydrogens is 317 g/mol. The topological polar surface area (TPSA) is 51.2 Å². The Morgan fingerprint density at radius 1 is 1.55 bits per heavy atom. The quantitative estimate of drug-likeness (QED) is 0.662. The first-order valence-corrected chi connectivity index (χ1v) is 6.89. The van der Waals surface area contributed by atoms with E-state index in [1.165, 1.54) is 7.05 Å². The van der Waals surface area contributed by atoms with Crippen LogP contribution in [0.2, 0.25) is 5.02 Å². The van der Waals surface area contributed by atoms with Gasteiger partial charge in [-0.25, -0.2) is 4.98 Å². The molecule has 1 aromatic rings. The van der Waals surface area contributed by atoms with E-state index in [2.05, 4.69) is 10.3 Å². The Morgan fingerprint density at radius 2 is 2.20 bits per heavy atom. The SMILES string of the molecule is CCOC(=O)CSc1nc(NC)c(C(F)(F)F)cc1Cl. The number of alkyl halides is 3. The fourth-order valence-electron chi connectivity index (χ4n) is 1.31. The zero-order valence-corrected chi connectivity index (χ0v) is 12.2. The van der Waals surface area contributed by atoms with E-state index >= 15 is 0 Å². The number of nitrogens with zero attached hydrogens (tertiary/aromatic N) is 1. The molecule has 0 saturated carbocycles. The maximum absolute atomic E-state index is 12.7. The molecule has 9 heteroatoms. The Kier molecular flexibility index (Phi) is 5.94. The Hall–Kier alpha value is -1.15. The van der Waals surface area contributed by atoms with E-state index in [-0.39, 0.29) is 28.2 Å². The van der Waals surface area contributed by atoms with Gasteiger partial charge in [0.1, 0.15) is 10.8 Å². The standard InChI is InChI=1S/C11H12ClF3N2O2S/c1-3-19-8(18)5-20-10-7(12)4-6(11(13,14)15)9(16-2)17-10/h4H,3,5H2,1-2H3,(H,16,17). The molecule has 0 atom stereocenters. The highest BCUT2D eigenvalue weighted by Crippen LogP contribution is 2.38. The van der Waals surface area contributed by atoms with Crippen LogP contribution in [-0.2, 0) is 15.7 Å². The number of nitrogens with one attached hydrogen (secondary N) is 1. The van der Waals surface area contributed by atoms with Crippen LogP contribution >= 0.6 is 23.4 Å². The minimum Gasteiger partial charge on any atom is -0.465 e. The van der Waals surface area contributed by atoms with Crippen LogP contribution in [0.3, 0.4) is 0 Å². The van der Waals surface area contributed by atoms with Gasteiger partial charge in [0, 0.05) is 7.05 Å². The number of pyridine rings is 1. The summed E-state index contributed by atoms with van der Waals surface area (Å²) in [6.07, 6.45) is -4.56. The molecule has 0 bridgehead atoms. The smallest absolute Gasteiger partial charge is 0.420 e. The minimum atomic E-state index is -4.56. The van der Waals surface area contributed by atoms with Crippen molar-refractivity contribution in [2.75, 3.05) is 24.7 Å². The largest absolute Gasteiger partial charge is 0.465 e. The summed E-state index contributed by atoms with van der Waals surface area (Å²) < 4.78 is 42.9. The van der Waals surface area contributed by atoms with E-state index < -0.39 is 17.7 Å². The molecule has 0 aliphatic rings. The molecule has 0 radical (unpaired) electrons. The lowest BCUT2D eigenvalue weighted by atomic mass is 10.2. The van der Waals surface area contributed by atoms with Crippen molar-refractivity contribution in [1.82, 2.24) is 4.98 Å². The second-order valence-corrected chi connectivity index (χ2v) is 4.88. The third kappa shape index (κ3) is 4.45. The number of esters is 1. The summed E-state index contributed by atoms with van der Waals surface area (Å²) >= 11 is 6.68. The lowest BCUT2D eigenvalue weighted by Crippen LogP contribution is -2.12. The van der Waals surface area contributed by atoms with Crippen molar-refractivity contribution in [1.29, 1.82) is 0 Å². The summed E-state index contributed by atoms with van der Waals surface area (Å²) in [6.45, 7) is 1.89. The van der Waals surface area contributed by atoms with Crippen molar-refractivity contribution in [3.63, 3.8) is 0 Å². The Balaban J connectivity index is 2.97. The lowest BCUT2D eigenvalue weighted by molar-refractivity contribution is -0.140. The van der Waals surface area contributed by atoms with Crippen molar-refractivity contribution in [2.24, 2.45) is 0 Å². The Bertz CT molecular complexity index is 497. The van der Waals surface area contributed by atoms with Gasteiger partial charge in [-0.2, -0.15) is 13.2 Å². The molecule has 0 spiro atoms. The number of rotatable bonds is 5. The van der Waals surface area contributed by atoms with Gasteiger partial charge in [-0.15, -0.1) is 0 Å². The number of ether oxygens (including phenoxy) is 1. The highest BCUT2D eigenvalue weighted by molar-refractivity contribution is 8.00. The molecular formula is C11H12ClF3N2O2S. The molecule has 1 rings (SSSR count). The van der Waals surface area contributed by atoms with E-state index in [4.69, 9.17) is 16.3 Å². The van der Waals surface area contributed by atoms with E-state index in [0.717, 1.165) is 17.8 Å². The zero-order valence-electron chi connectivity index (χ0n) is 10.7. The molecule has 4 nitrogen and oxygen atoms in total. The monoisotopic (exact) mass is 328 g/mol. The second kappa shape index (κ2) is 7.03. The molecule has 20 heavy (non-hydrogen) atoms. The van der Waals surface area contributed by atoms with Crippen molar-refractivity contribution in [3.8, 4) is 0 Å². The van der Waals surface area contributed by atoms with Gasteiger partial charge in [0.2, 0.25) is 0 Å². The summed E-state index contributed by atoms with van der Waals surface area (Å²) in [5, 5.41) is 2.34. The van der Waals surface area contributed by atoms with E-state index in [1.807, 2.05) is 0 Å². The predicted octanol–water partition coefficient (Wildman–Crippen LogP) is 3.45. The number of halogens is 4. The Labute approximate surface area is 123 Å². The van der Waals surface area contributed by atoms with Gasteiger partial charge in [-0.05, 0) is 13.0 Å². The Morgan fingerprint density at radius 3 is 2.70 bits per heavy atom. The number of carbonyl (C=O) groups is 1. The molecule has 112 valence electrons. The third-order valence-corrected chi connectivity index (χ3v) is 3.48. The van der Waals surface area contributed by atoms with Crippen LogP contribution in [0.25, 0.3) is 0 Å². The molecule has 1 heterocycles. The first kappa shape index (κ1) is 16.9. The van der Waals surface area contributed by atoms with E-state index in [0.29, 0.717) is 0 Å². The normalized spacial score (nSPS) is 11.3. The van der Waals surface area contributed by atoms with E-state index in [9.17, 15) is 18.0 Å². The molecule has 0 amide bonds. The zero-order chi connectivity index (χ0) is 15.3. The van der Waals surface area contributed by atoms with Gasteiger partial charge in [0.15, 0.2) is 0 Å². The summed E-state index contributed by atoms with van der Waals surface area (Å²) in [7, 11) is 1.32. The number of anilines is 1. The second-order valence-electron chi connectivity index (χ2n) is 3.51. The molecule has 0 unspecified atom stereocenters. The number of hydrogen-bond donors (Lipinski definition) is 1. The van der Waals surface area contributed by atoms with Crippen LogP contribution in [0, 0.1) is 0 Å². The first-order valence-electron chi connectivity index (χ1n) is 5.53. The molecule has 1 N–H and O–H groups in total. The maximum atomic E-state index is 12.7. The van der Waals surface area contributed by atoms with Crippen LogP contribution in [0.1, 0.15) is 12.5 Å². The fourth-order valence-corrected chi connectivity index (χ4v) is 2.32. The van der Waals surface area contributed by atoms with Crippen LogP contribution in [-0.4, -0.2) is 30.4 Å². The summed E-state index contributed by atoms with van der Waals surface area (Å²) in [5.74, 6) is -0.899. The molecule has 0 fully saturated rings. The molecule has 0 aliphatic carbocycles. The van der Waals surface area contributed by atoms with Gasteiger partial charge in [0.05, 0.1) is 22.9 Å². The summed E-state index contributed by atoms with van der Waals surface area (Å²) in [5.41, 5.74) is -0.953. The van der Waals surface area contributed by atoms with Gasteiger partial charge in [-0.3, -0.25) is 4.79 Å². The highest BCUT2D eigenvalue weighted by Gasteiger charge is 2.35. The summed E-state index contributed by atoms with van der Waals surface area (Å²) in [4.78, 5) is 15.0. The van der Waals surface area contributed by atoms with Crippen LogP contribution < -0.4 is 5.32 Å². The molecule has 0 aromatic carbocycles. The molecule has 0 saturated heterocycles. The average molecular weight is 329 g/mol. The van der Waals surface area contributed by atoms with Crippen LogP contribution in [0.4, 0.5) is 19.0 Å². The van der Waals surface area contributed by atoms with Gasteiger partial charge >= 0.3 is 12.1 Å². The van der Waals surface area contributed by atoms with Crippen LogP contribution in [0.15, 0.2) is 11.1 Å². The van der Waals surface area contributed by atoms with Gasteiger partial charge in [0.25, 0.3) is 0 Å². The highest BCUT2D eigenvalue weighted by atomic mass is 35.5. The average Bonchev–Trinajstić information content (AvgIpc) is 2.36. The number of hydrogen-bond acceptors (Lipinski definition) is 5. The summed E-state index contributed by atoms with van der Waals surface area (Å²) in [6, 6.07) is 0.786. The van der Waals surface area contributed by atoms with E-state index in [1.54, 1.807) is 6.92 Å². The number of carbonyl (C=O) groups excluding carboxylic acids is 1. The van der Waals surface area contributed by atoms with Crippen molar-refractivity contribution in [2.45, 2.75) is 18.1 Å². The third-order valence-electron chi connectivity index (χ3n) is 2.12. The molecule has 0 aliphatic heterocycles. The molecule has 1 aromatic heterocycles. The number of thioether (sulfide) groups is 1. The van der Waals surface area contributed by atoms with Gasteiger partial charge in [-0.1, -0.05) is 23.4 Å². The van der Waals surface area contributed by atoms with Crippen LogP contribution in [0.5, 0.6) is 0 Å².